The summed E-state index contributed by atoms with van der Waals surface area (Å²) in [5.74, 6) is 2.14. The number of hydrogen-bond acceptors (Lipinski definition) is 1. The molecule has 0 N–H and O–H groups in total. The van der Waals surface area contributed by atoms with Gasteiger partial charge in [0.25, 0.3) is 0 Å². The summed E-state index contributed by atoms with van der Waals surface area (Å²) >= 11 is 0. The van der Waals surface area contributed by atoms with Crippen LogP contribution in [0.25, 0.3) is 5.57 Å². The minimum Gasteiger partial charge on any atom is -0.233 e. The predicted molar refractivity (Wildman–Crippen MR) is 80.0 cm³/mol. The molecule has 2 aromatic rings. The molecule has 2 rings (SSSR count). The van der Waals surface area contributed by atoms with Gasteiger partial charge in [0, 0.05) is 0 Å². The molecule has 0 heterocycles. The minimum absolute atomic E-state index is 0.655. The van der Waals surface area contributed by atoms with Gasteiger partial charge in [-0.2, -0.15) is 0 Å². The lowest BCUT2D eigenvalue weighted by atomic mass is 9.87. The fourth-order valence-corrected chi connectivity index (χ4v) is 2.45. The van der Waals surface area contributed by atoms with Crippen molar-refractivity contribution in [3.8, 4) is 0 Å². The van der Waals surface area contributed by atoms with E-state index in [-0.39, 0.29) is 0 Å². The molecule has 0 radical (unpaired) electrons. The fraction of sp³-hybridized carbons (Fsp3) is 0.222. The Bertz CT molecular complexity index is 634. The molecule has 0 aliphatic heterocycles. The Morgan fingerprint density at radius 2 is 1.42 bits per heavy atom. The molecule has 0 spiro atoms. The summed E-state index contributed by atoms with van der Waals surface area (Å²) in [4.78, 5) is 11.5. The van der Waals surface area contributed by atoms with E-state index in [1.165, 1.54) is 11.1 Å². The molecule has 0 aliphatic carbocycles. The standard InChI is InChI=1S/C18H18O/c1-12-10-13(2)15(4)18(14(12)3)17(11-19)16-8-6-5-7-9-16/h5-10H,1-4H3. The van der Waals surface area contributed by atoms with Crippen LogP contribution < -0.4 is 0 Å². The summed E-state index contributed by atoms with van der Waals surface area (Å²) in [6.45, 7) is 8.30. The van der Waals surface area contributed by atoms with Crippen molar-refractivity contribution in [2.24, 2.45) is 0 Å². The smallest absolute Gasteiger partial charge is 0.133 e. The molecule has 0 aromatic heterocycles. The van der Waals surface area contributed by atoms with Crippen molar-refractivity contribution in [1.29, 1.82) is 0 Å². The van der Waals surface area contributed by atoms with Crippen molar-refractivity contribution in [3.63, 3.8) is 0 Å². The molecule has 0 amide bonds. The van der Waals surface area contributed by atoms with Crippen molar-refractivity contribution in [2.75, 3.05) is 0 Å². The van der Waals surface area contributed by atoms with Crippen LogP contribution in [0.5, 0.6) is 0 Å². The van der Waals surface area contributed by atoms with Crippen LogP contribution in [0.2, 0.25) is 0 Å². The predicted octanol–water partition coefficient (Wildman–Crippen LogP) is 4.18. The molecule has 0 fully saturated rings. The van der Waals surface area contributed by atoms with Gasteiger partial charge in [-0.15, -0.1) is 0 Å². The zero-order chi connectivity index (χ0) is 14.0. The highest BCUT2D eigenvalue weighted by atomic mass is 16.1. The summed E-state index contributed by atoms with van der Waals surface area (Å²) in [5, 5.41) is 0. The van der Waals surface area contributed by atoms with E-state index in [0.29, 0.717) is 5.57 Å². The van der Waals surface area contributed by atoms with Gasteiger partial charge in [-0.3, -0.25) is 0 Å². The van der Waals surface area contributed by atoms with Gasteiger partial charge in [-0.1, -0.05) is 36.4 Å². The lowest BCUT2D eigenvalue weighted by molar-refractivity contribution is 0.569. The largest absolute Gasteiger partial charge is 0.233 e. The number of carbonyl (C=O) groups excluding carboxylic acids is 1. The molecule has 1 nitrogen and oxygen atoms in total. The maximum absolute atomic E-state index is 11.5. The third-order valence-corrected chi connectivity index (χ3v) is 3.78. The molecule has 1 heteroatoms. The van der Waals surface area contributed by atoms with Crippen molar-refractivity contribution in [1.82, 2.24) is 0 Å². The molecular weight excluding hydrogens is 232 g/mol. The second-order valence-electron chi connectivity index (χ2n) is 4.98. The highest BCUT2D eigenvalue weighted by molar-refractivity contribution is 5.99. The molecular formula is C18H18O. The molecule has 0 saturated heterocycles. The Morgan fingerprint density at radius 3 is 1.89 bits per heavy atom. The van der Waals surface area contributed by atoms with E-state index in [0.717, 1.165) is 22.3 Å². The molecule has 0 saturated carbocycles. The third-order valence-electron chi connectivity index (χ3n) is 3.78. The van der Waals surface area contributed by atoms with Crippen LogP contribution >= 0.6 is 0 Å². The Morgan fingerprint density at radius 1 is 0.895 bits per heavy atom. The Hall–Kier alpha value is -2.11. The van der Waals surface area contributed by atoms with Gasteiger partial charge < -0.3 is 0 Å². The van der Waals surface area contributed by atoms with E-state index < -0.39 is 0 Å². The second-order valence-corrected chi connectivity index (χ2v) is 4.98. The first kappa shape index (κ1) is 13.3. The zero-order valence-corrected chi connectivity index (χ0v) is 11.9. The van der Waals surface area contributed by atoms with Crippen LogP contribution in [-0.2, 0) is 4.79 Å². The highest BCUT2D eigenvalue weighted by Gasteiger charge is 2.15. The number of hydrogen-bond donors (Lipinski definition) is 0. The first-order valence-electron chi connectivity index (χ1n) is 6.44. The van der Waals surface area contributed by atoms with Crippen molar-refractivity contribution >= 4 is 11.5 Å². The van der Waals surface area contributed by atoms with Gasteiger partial charge in [0.15, 0.2) is 0 Å². The first-order valence-corrected chi connectivity index (χ1v) is 6.44. The number of aryl methyl sites for hydroxylation is 2. The molecule has 0 aliphatic rings. The fourth-order valence-electron chi connectivity index (χ4n) is 2.45. The monoisotopic (exact) mass is 250 g/mol. The van der Waals surface area contributed by atoms with Crippen LogP contribution in [0, 0.1) is 27.7 Å². The third kappa shape index (κ3) is 2.38. The minimum atomic E-state index is 0.655. The maximum atomic E-state index is 11.5. The van der Waals surface area contributed by atoms with Crippen LogP contribution in [0.3, 0.4) is 0 Å². The molecule has 19 heavy (non-hydrogen) atoms. The molecule has 2 aromatic carbocycles. The van der Waals surface area contributed by atoms with E-state index in [1.807, 2.05) is 30.3 Å². The lowest BCUT2D eigenvalue weighted by Crippen LogP contribution is -2.00. The quantitative estimate of drug-likeness (QED) is 0.731. The second kappa shape index (κ2) is 5.26. The zero-order valence-electron chi connectivity index (χ0n) is 11.9. The van der Waals surface area contributed by atoms with E-state index in [4.69, 9.17) is 0 Å². The van der Waals surface area contributed by atoms with Crippen LogP contribution in [0.4, 0.5) is 0 Å². The maximum Gasteiger partial charge on any atom is 0.133 e. The Labute approximate surface area is 114 Å². The number of benzene rings is 2. The Kier molecular flexibility index (Phi) is 3.69. The van der Waals surface area contributed by atoms with Gasteiger partial charge in [-0.05, 0) is 61.1 Å². The van der Waals surface area contributed by atoms with E-state index in [9.17, 15) is 4.79 Å². The van der Waals surface area contributed by atoms with E-state index in [2.05, 4.69) is 39.7 Å². The normalized spacial score (nSPS) is 10.1. The van der Waals surface area contributed by atoms with Gasteiger partial charge in [0.1, 0.15) is 5.94 Å². The Balaban J connectivity index is 2.74. The van der Waals surface area contributed by atoms with Crippen LogP contribution in [-0.4, -0.2) is 5.94 Å². The number of rotatable bonds is 2. The van der Waals surface area contributed by atoms with E-state index >= 15 is 0 Å². The first-order chi connectivity index (χ1) is 9.06. The highest BCUT2D eigenvalue weighted by Crippen LogP contribution is 2.30. The van der Waals surface area contributed by atoms with Crippen molar-refractivity contribution in [3.05, 3.63) is 69.8 Å². The topological polar surface area (TPSA) is 17.1 Å². The van der Waals surface area contributed by atoms with Gasteiger partial charge in [-0.25, -0.2) is 4.79 Å². The van der Waals surface area contributed by atoms with E-state index in [1.54, 1.807) is 0 Å². The molecule has 0 unspecified atom stereocenters. The molecule has 0 atom stereocenters. The van der Waals surface area contributed by atoms with Crippen molar-refractivity contribution < 1.29 is 4.79 Å². The average molecular weight is 250 g/mol. The molecule has 0 bridgehead atoms. The summed E-state index contributed by atoms with van der Waals surface area (Å²) < 4.78 is 0. The average Bonchev–Trinajstić information content (AvgIpc) is 2.42. The molecule has 96 valence electrons. The van der Waals surface area contributed by atoms with Gasteiger partial charge in [0.05, 0.1) is 5.57 Å². The van der Waals surface area contributed by atoms with Crippen molar-refractivity contribution in [2.45, 2.75) is 27.7 Å². The summed E-state index contributed by atoms with van der Waals surface area (Å²) in [7, 11) is 0. The summed E-state index contributed by atoms with van der Waals surface area (Å²) in [6, 6.07) is 11.9. The lowest BCUT2D eigenvalue weighted by Gasteiger charge is -2.16. The van der Waals surface area contributed by atoms with Crippen LogP contribution in [0.15, 0.2) is 36.4 Å². The SMILES string of the molecule is Cc1cc(C)c(C)c(C(=C=O)c2ccccc2)c1C. The van der Waals surface area contributed by atoms with Gasteiger partial charge in [0.2, 0.25) is 0 Å². The summed E-state index contributed by atoms with van der Waals surface area (Å²) in [6.07, 6.45) is 0. The van der Waals surface area contributed by atoms with Gasteiger partial charge >= 0.3 is 0 Å². The van der Waals surface area contributed by atoms with Crippen LogP contribution in [0.1, 0.15) is 33.4 Å². The summed E-state index contributed by atoms with van der Waals surface area (Å²) in [5.41, 5.74) is 7.34.